The number of carbonyl (C=O) groups excluding carboxylic acids is 2. The van der Waals surface area contributed by atoms with Crippen LogP contribution >= 0.6 is 0 Å². The van der Waals surface area contributed by atoms with E-state index in [-0.39, 0.29) is 18.2 Å². The summed E-state index contributed by atoms with van der Waals surface area (Å²) in [7, 11) is -0.253. The first-order valence-corrected chi connectivity index (χ1v) is 14.6. The van der Waals surface area contributed by atoms with Gasteiger partial charge in [0.1, 0.15) is 5.75 Å². The summed E-state index contributed by atoms with van der Waals surface area (Å²) in [5.74, 6) is 0.340. The number of ether oxygens (including phenoxy) is 1. The molecule has 0 aromatic heterocycles. The number of hydrogen-bond acceptors (Lipinski definition) is 4. The van der Waals surface area contributed by atoms with Gasteiger partial charge < -0.3 is 20.5 Å². The molecule has 0 radical (unpaired) electrons. The minimum atomic E-state index is -1.87. The minimum absolute atomic E-state index is 0.0740. The van der Waals surface area contributed by atoms with Gasteiger partial charge in [-0.3, -0.25) is 9.59 Å². The van der Waals surface area contributed by atoms with Gasteiger partial charge in [-0.1, -0.05) is 50.7 Å². The van der Waals surface area contributed by atoms with E-state index >= 15 is 0 Å². The molecule has 0 aliphatic heterocycles. The van der Waals surface area contributed by atoms with Crippen LogP contribution in [0.4, 0.5) is 11.4 Å². The standard InChI is InChI=1S/C25H34N2O4Si/c1-17(28)26-20-12-13-21(32(3,4)5)24(23(20)18-8-10-19(31-2)11-9-18)27-22(29)16-25(30)14-6-7-15-25/h8-13,30H,6-7,14-16H2,1-5H3,(H,26,28)(H,27,29). The molecule has 0 unspecified atom stereocenters. The fraction of sp³-hybridized carbons (Fsp3) is 0.440. The molecule has 7 heteroatoms. The number of rotatable bonds is 7. The molecular formula is C25H34N2O4Si. The van der Waals surface area contributed by atoms with E-state index in [9.17, 15) is 14.7 Å². The number of anilines is 2. The Balaban J connectivity index is 2.13. The molecular weight excluding hydrogens is 420 g/mol. The molecule has 0 spiro atoms. The quantitative estimate of drug-likeness (QED) is 0.538. The monoisotopic (exact) mass is 454 g/mol. The van der Waals surface area contributed by atoms with Gasteiger partial charge in [0.15, 0.2) is 0 Å². The Morgan fingerprint density at radius 3 is 2.19 bits per heavy atom. The Bertz CT molecular complexity index is 990. The molecule has 1 fully saturated rings. The average Bonchev–Trinajstić information content (AvgIpc) is 3.12. The van der Waals surface area contributed by atoms with E-state index < -0.39 is 13.7 Å². The highest BCUT2D eigenvalue weighted by atomic mass is 28.3. The number of nitrogens with one attached hydrogen (secondary N) is 2. The second kappa shape index (κ2) is 9.46. The number of amides is 2. The lowest BCUT2D eigenvalue weighted by Crippen LogP contribution is -2.41. The normalized spacial score (nSPS) is 15.3. The molecule has 3 rings (SSSR count). The van der Waals surface area contributed by atoms with Crippen LogP contribution in [0.15, 0.2) is 36.4 Å². The van der Waals surface area contributed by atoms with E-state index in [4.69, 9.17) is 4.74 Å². The third-order valence-corrected chi connectivity index (χ3v) is 8.02. The molecule has 0 heterocycles. The van der Waals surface area contributed by atoms with Gasteiger partial charge in [0.05, 0.1) is 32.9 Å². The predicted octanol–water partition coefficient (Wildman–Crippen LogP) is 4.50. The maximum absolute atomic E-state index is 13.1. The SMILES string of the molecule is COc1ccc(-c2c(NC(C)=O)ccc([Si](C)(C)C)c2NC(=O)CC2(O)CCCC2)cc1. The molecule has 0 atom stereocenters. The van der Waals surface area contributed by atoms with Crippen molar-refractivity contribution in [3.63, 3.8) is 0 Å². The van der Waals surface area contributed by atoms with Gasteiger partial charge in [-0.15, -0.1) is 0 Å². The molecule has 172 valence electrons. The maximum Gasteiger partial charge on any atom is 0.227 e. The van der Waals surface area contributed by atoms with Crippen LogP contribution in [0.5, 0.6) is 5.75 Å². The lowest BCUT2D eigenvalue weighted by molar-refractivity contribution is -0.120. The summed E-state index contributed by atoms with van der Waals surface area (Å²) in [6.45, 7) is 8.13. The second-order valence-electron chi connectivity index (χ2n) is 9.73. The molecule has 2 aromatic rings. The van der Waals surface area contributed by atoms with Gasteiger partial charge in [0.25, 0.3) is 0 Å². The second-order valence-corrected chi connectivity index (χ2v) is 14.8. The van der Waals surface area contributed by atoms with Crippen molar-refractivity contribution < 1.29 is 19.4 Å². The van der Waals surface area contributed by atoms with Gasteiger partial charge in [-0.2, -0.15) is 0 Å². The van der Waals surface area contributed by atoms with Crippen molar-refractivity contribution in [2.75, 3.05) is 17.7 Å². The highest BCUT2D eigenvalue weighted by molar-refractivity contribution is 6.90. The van der Waals surface area contributed by atoms with E-state index in [1.807, 2.05) is 36.4 Å². The zero-order valence-electron chi connectivity index (χ0n) is 19.7. The molecule has 2 amide bonds. The molecule has 1 aliphatic rings. The molecule has 32 heavy (non-hydrogen) atoms. The highest BCUT2D eigenvalue weighted by Gasteiger charge is 2.34. The minimum Gasteiger partial charge on any atom is -0.497 e. The summed E-state index contributed by atoms with van der Waals surface area (Å²) in [6.07, 6.45) is 3.26. The summed E-state index contributed by atoms with van der Waals surface area (Å²) >= 11 is 0. The fourth-order valence-electron chi connectivity index (χ4n) is 4.40. The van der Waals surface area contributed by atoms with Gasteiger partial charge in [0.2, 0.25) is 11.8 Å². The lowest BCUT2D eigenvalue weighted by Gasteiger charge is -2.27. The summed E-state index contributed by atoms with van der Waals surface area (Å²) < 4.78 is 5.30. The summed E-state index contributed by atoms with van der Waals surface area (Å²) in [4.78, 5) is 25.0. The van der Waals surface area contributed by atoms with E-state index in [1.165, 1.54) is 6.92 Å². The first-order chi connectivity index (χ1) is 15.0. The van der Waals surface area contributed by atoms with Crippen molar-refractivity contribution in [2.24, 2.45) is 0 Å². The predicted molar refractivity (Wildman–Crippen MR) is 132 cm³/mol. The molecule has 3 N–H and O–H groups in total. The van der Waals surface area contributed by atoms with Crippen molar-refractivity contribution in [1.82, 2.24) is 0 Å². The zero-order chi connectivity index (χ0) is 23.5. The number of methoxy groups -OCH3 is 1. The Kier molecular flexibility index (Phi) is 7.10. The number of benzene rings is 2. The van der Waals surface area contributed by atoms with Crippen LogP contribution in [0, 0.1) is 0 Å². The average molecular weight is 455 g/mol. The third kappa shape index (κ3) is 5.58. The van der Waals surface area contributed by atoms with Crippen LogP contribution in [0.1, 0.15) is 39.0 Å². The van der Waals surface area contributed by atoms with Crippen LogP contribution in [-0.4, -0.2) is 37.7 Å². The first-order valence-electron chi connectivity index (χ1n) is 11.1. The molecule has 1 aliphatic carbocycles. The van der Waals surface area contributed by atoms with Gasteiger partial charge in [-0.25, -0.2) is 0 Å². The van der Waals surface area contributed by atoms with Gasteiger partial charge in [0, 0.05) is 18.2 Å². The smallest absolute Gasteiger partial charge is 0.227 e. The summed E-state index contributed by atoms with van der Waals surface area (Å²) in [6, 6.07) is 11.5. The largest absolute Gasteiger partial charge is 0.497 e. The number of hydrogen-bond donors (Lipinski definition) is 3. The van der Waals surface area contributed by atoms with Gasteiger partial charge >= 0.3 is 0 Å². The van der Waals surface area contributed by atoms with Crippen molar-refractivity contribution in [3.8, 4) is 16.9 Å². The Morgan fingerprint density at radius 1 is 1.03 bits per heavy atom. The molecule has 0 bridgehead atoms. The first kappa shape index (κ1) is 24.0. The third-order valence-electron chi connectivity index (χ3n) is 5.99. The Morgan fingerprint density at radius 2 is 1.66 bits per heavy atom. The van der Waals surface area contributed by atoms with Crippen LogP contribution in [0.25, 0.3) is 11.1 Å². The summed E-state index contributed by atoms with van der Waals surface area (Å²) in [5, 5.41) is 17.9. The fourth-order valence-corrected chi connectivity index (χ4v) is 5.92. The molecule has 2 aromatic carbocycles. The van der Waals surface area contributed by atoms with Crippen molar-refractivity contribution in [1.29, 1.82) is 0 Å². The van der Waals surface area contributed by atoms with Crippen LogP contribution in [-0.2, 0) is 9.59 Å². The Labute approximate surface area is 191 Å². The maximum atomic E-state index is 13.1. The van der Waals surface area contributed by atoms with E-state index in [0.29, 0.717) is 24.2 Å². The van der Waals surface area contributed by atoms with E-state index in [0.717, 1.165) is 34.9 Å². The van der Waals surface area contributed by atoms with Crippen molar-refractivity contribution >= 4 is 36.4 Å². The zero-order valence-corrected chi connectivity index (χ0v) is 20.7. The Hall–Kier alpha value is -2.64. The van der Waals surface area contributed by atoms with E-state index in [2.05, 4.69) is 30.3 Å². The molecule has 0 saturated heterocycles. The van der Waals surface area contributed by atoms with Gasteiger partial charge in [-0.05, 0) is 41.8 Å². The number of carbonyl (C=O) groups is 2. The summed E-state index contributed by atoms with van der Waals surface area (Å²) in [5.41, 5.74) is 2.06. The van der Waals surface area contributed by atoms with Crippen LogP contribution in [0.2, 0.25) is 19.6 Å². The molecule has 1 saturated carbocycles. The van der Waals surface area contributed by atoms with Crippen molar-refractivity contribution in [2.45, 2.75) is 64.3 Å². The van der Waals surface area contributed by atoms with Crippen LogP contribution in [0.3, 0.4) is 0 Å². The van der Waals surface area contributed by atoms with Crippen molar-refractivity contribution in [3.05, 3.63) is 36.4 Å². The highest BCUT2D eigenvalue weighted by Crippen LogP contribution is 2.38. The molecule has 6 nitrogen and oxygen atoms in total. The number of aliphatic hydroxyl groups is 1. The van der Waals surface area contributed by atoms with Crippen LogP contribution < -0.4 is 20.6 Å². The van der Waals surface area contributed by atoms with E-state index in [1.54, 1.807) is 7.11 Å². The topological polar surface area (TPSA) is 87.7 Å². The lowest BCUT2D eigenvalue weighted by atomic mass is 9.97.